The van der Waals surface area contributed by atoms with Crippen molar-refractivity contribution in [1.82, 2.24) is 4.57 Å². The summed E-state index contributed by atoms with van der Waals surface area (Å²) in [6, 6.07) is 16.9. The number of hydrogen-bond donors (Lipinski definition) is 0. The summed E-state index contributed by atoms with van der Waals surface area (Å²) in [6.45, 7) is 4.53. The van der Waals surface area contributed by atoms with Crippen LogP contribution in [0.3, 0.4) is 0 Å². The molecule has 0 radical (unpaired) electrons. The molecule has 3 rings (SSSR count). The Morgan fingerprint density at radius 2 is 1.52 bits per heavy atom. The van der Waals surface area contributed by atoms with Crippen molar-refractivity contribution in [2.24, 2.45) is 0 Å². The van der Waals surface area contributed by atoms with Gasteiger partial charge in [0.05, 0.1) is 12.2 Å². The van der Waals surface area contributed by atoms with Crippen LogP contribution in [0.5, 0.6) is 0 Å². The number of nitrogens with zero attached hydrogens (tertiary/aromatic N) is 1. The summed E-state index contributed by atoms with van der Waals surface area (Å²) in [5.74, 6) is -1.28. The van der Waals surface area contributed by atoms with Crippen LogP contribution >= 0.6 is 0 Å². The largest absolute Gasteiger partial charge is 0.454 e. The second-order valence-electron chi connectivity index (χ2n) is 7.17. The summed E-state index contributed by atoms with van der Waals surface area (Å²) >= 11 is 0. The zero-order valence-corrected chi connectivity index (χ0v) is 17.9. The van der Waals surface area contributed by atoms with E-state index in [-0.39, 0.29) is 22.7 Å². The molecule has 0 spiro atoms. The topological polar surface area (TPSA) is 74.6 Å². The third-order valence-corrected chi connectivity index (χ3v) is 5.16. The standard InChI is InChI=1S/C25H25NO5/c1-17-15-22(18(2)26(17)13-14-30-3)23(27)16-31-25(29)21-12-8-7-11-20(21)24(28)19-9-5-4-6-10-19/h4-12,15H,13-14,16H2,1-3H3. The molecule has 0 amide bonds. The number of esters is 1. The molecule has 3 aromatic rings. The van der Waals surface area contributed by atoms with Gasteiger partial charge in [-0.1, -0.05) is 48.5 Å². The van der Waals surface area contributed by atoms with E-state index >= 15 is 0 Å². The van der Waals surface area contributed by atoms with Crippen LogP contribution in [0, 0.1) is 13.8 Å². The van der Waals surface area contributed by atoms with Crippen LogP contribution in [-0.4, -0.2) is 42.4 Å². The van der Waals surface area contributed by atoms with Crippen molar-refractivity contribution >= 4 is 17.5 Å². The highest BCUT2D eigenvalue weighted by Crippen LogP contribution is 2.18. The third-order valence-electron chi connectivity index (χ3n) is 5.16. The van der Waals surface area contributed by atoms with Gasteiger partial charge in [-0.2, -0.15) is 0 Å². The molecule has 0 aliphatic heterocycles. The summed E-state index contributed by atoms with van der Waals surface area (Å²) < 4.78 is 12.4. The van der Waals surface area contributed by atoms with Crippen molar-refractivity contribution in [3.05, 3.63) is 94.3 Å². The number of hydrogen-bond acceptors (Lipinski definition) is 5. The van der Waals surface area contributed by atoms with E-state index in [1.165, 1.54) is 6.07 Å². The average molecular weight is 419 g/mol. The average Bonchev–Trinajstić information content (AvgIpc) is 3.09. The Balaban J connectivity index is 1.74. The van der Waals surface area contributed by atoms with Crippen LogP contribution in [0.25, 0.3) is 0 Å². The maximum absolute atomic E-state index is 12.8. The van der Waals surface area contributed by atoms with Crippen LogP contribution < -0.4 is 0 Å². The van der Waals surface area contributed by atoms with E-state index in [0.29, 0.717) is 24.3 Å². The van der Waals surface area contributed by atoms with Crippen molar-refractivity contribution in [3.63, 3.8) is 0 Å². The van der Waals surface area contributed by atoms with Gasteiger partial charge in [0.25, 0.3) is 0 Å². The molecule has 1 heterocycles. The van der Waals surface area contributed by atoms with E-state index in [4.69, 9.17) is 9.47 Å². The minimum atomic E-state index is -0.707. The van der Waals surface area contributed by atoms with Crippen LogP contribution in [0.1, 0.15) is 48.0 Å². The molecule has 0 N–H and O–H groups in total. The van der Waals surface area contributed by atoms with Crippen LogP contribution in [0.2, 0.25) is 0 Å². The van der Waals surface area contributed by atoms with Gasteiger partial charge in [0.15, 0.2) is 12.4 Å². The molecule has 0 fully saturated rings. The molecule has 0 aliphatic carbocycles. The molecule has 0 bridgehead atoms. The van der Waals surface area contributed by atoms with Gasteiger partial charge in [0, 0.05) is 41.7 Å². The first-order valence-corrected chi connectivity index (χ1v) is 9.98. The van der Waals surface area contributed by atoms with E-state index in [9.17, 15) is 14.4 Å². The van der Waals surface area contributed by atoms with E-state index in [1.54, 1.807) is 55.6 Å². The fourth-order valence-corrected chi connectivity index (χ4v) is 3.50. The molecule has 0 aliphatic rings. The zero-order valence-electron chi connectivity index (χ0n) is 17.9. The Labute approximate surface area is 181 Å². The number of aromatic nitrogens is 1. The predicted octanol–water partition coefficient (Wildman–Crippen LogP) is 4.02. The zero-order chi connectivity index (χ0) is 22.4. The molecule has 31 heavy (non-hydrogen) atoms. The van der Waals surface area contributed by atoms with Gasteiger partial charge < -0.3 is 14.0 Å². The maximum atomic E-state index is 12.8. The molecule has 0 unspecified atom stereocenters. The Morgan fingerprint density at radius 3 is 2.19 bits per heavy atom. The molecule has 6 heteroatoms. The van der Waals surface area contributed by atoms with Gasteiger partial charge in [0.1, 0.15) is 0 Å². The van der Waals surface area contributed by atoms with Crippen LogP contribution in [0.4, 0.5) is 0 Å². The Kier molecular flexibility index (Phi) is 7.15. The van der Waals surface area contributed by atoms with Crippen molar-refractivity contribution in [2.45, 2.75) is 20.4 Å². The fraction of sp³-hybridized carbons (Fsp3) is 0.240. The lowest BCUT2D eigenvalue weighted by Gasteiger charge is -2.10. The van der Waals surface area contributed by atoms with E-state index in [1.807, 2.05) is 24.5 Å². The highest BCUT2D eigenvalue weighted by Gasteiger charge is 2.21. The number of ether oxygens (including phenoxy) is 2. The number of rotatable bonds is 9. The van der Waals surface area contributed by atoms with Crippen molar-refractivity contribution in [2.75, 3.05) is 20.3 Å². The fourth-order valence-electron chi connectivity index (χ4n) is 3.50. The van der Waals surface area contributed by atoms with E-state index in [2.05, 4.69) is 0 Å². The van der Waals surface area contributed by atoms with Crippen molar-refractivity contribution < 1.29 is 23.9 Å². The monoisotopic (exact) mass is 419 g/mol. The molecule has 2 aromatic carbocycles. The van der Waals surface area contributed by atoms with E-state index in [0.717, 1.165) is 11.4 Å². The summed E-state index contributed by atoms with van der Waals surface area (Å²) in [6.07, 6.45) is 0. The molecule has 0 atom stereocenters. The Bertz CT molecular complexity index is 1100. The SMILES string of the molecule is COCCn1c(C)cc(C(=O)COC(=O)c2ccccc2C(=O)c2ccccc2)c1C. The Hall–Kier alpha value is -3.51. The van der Waals surface area contributed by atoms with Gasteiger partial charge in [-0.25, -0.2) is 4.79 Å². The first-order chi connectivity index (χ1) is 14.9. The quantitative estimate of drug-likeness (QED) is 0.387. The number of aryl methyl sites for hydroxylation is 1. The van der Waals surface area contributed by atoms with Crippen molar-refractivity contribution in [1.29, 1.82) is 0 Å². The molecular weight excluding hydrogens is 394 g/mol. The molecule has 1 aromatic heterocycles. The van der Waals surface area contributed by atoms with Crippen LogP contribution in [0.15, 0.2) is 60.7 Å². The summed E-state index contributed by atoms with van der Waals surface area (Å²) in [4.78, 5) is 38.2. The Morgan fingerprint density at radius 1 is 0.871 bits per heavy atom. The van der Waals surface area contributed by atoms with E-state index < -0.39 is 12.6 Å². The normalized spacial score (nSPS) is 10.7. The highest BCUT2D eigenvalue weighted by atomic mass is 16.5. The molecular formula is C25H25NO5. The number of carbonyl (C=O) groups is 3. The van der Waals surface area contributed by atoms with Crippen molar-refractivity contribution in [3.8, 4) is 0 Å². The van der Waals surface area contributed by atoms with Gasteiger partial charge in [-0.15, -0.1) is 0 Å². The molecule has 0 saturated heterocycles. The van der Waals surface area contributed by atoms with Gasteiger partial charge in [-0.05, 0) is 26.0 Å². The summed E-state index contributed by atoms with van der Waals surface area (Å²) in [5, 5.41) is 0. The highest BCUT2D eigenvalue weighted by molar-refractivity contribution is 6.14. The summed E-state index contributed by atoms with van der Waals surface area (Å²) in [7, 11) is 1.63. The summed E-state index contributed by atoms with van der Waals surface area (Å²) in [5.41, 5.74) is 3.09. The maximum Gasteiger partial charge on any atom is 0.339 e. The number of ketones is 2. The second-order valence-corrected chi connectivity index (χ2v) is 7.17. The molecule has 160 valence electrons. The lowest BCUT2D eigenvalue weighted by molar-refractivity contribution is 0.0472. The van der Waals surface area contributed by atoms with Gasteiger partial charge in [0.2, 0.25) is 5.78 Å². The number of carbonyl (C=O) groups excluding carboxylic acids is 3. The van der Waals surface area contributed by atoms with Gasteiger partial charge in [-0.3, -0.25) is 9.59 Å². The first-order valence-electron chi connectivity index (χ1n) is 9.98. The lowest BCUT2D eigenvalue weighted by atomic mass is 9.98. The molecule has 6 nitrogen and oxygen atoms in total. The second kappa shape index (κ2) is 10.00. The first kappa shape index (κ1) is 22.2. The smallest absolute Gasteiger partial charge is 0.339 e. The minimum Gasteiger partial charge on any atom is -0.454 e. The predicted molar refractivity (Wildman–Crippen MR) is 117 cm³/mol. The minimum absolute atomic E-state index is 0.134. The van der Waals surface area contributed by atoms with Gasteiger partial charge >= 0.3 is 5.97 Å². The lowest BCUT2D eigenvalue weighted by Crippen LogP contribution is -2.18. The number of benzene rings is 2. The molecule has 0 saturated carbocycles. The van der Waals surface area contributed by atoms with Crippen LogP contribution in [-0.2, 0) is 16.0 Å². The number of Topliss-reactive ketones (excluding diaryl/α,β-unsaturated/α-hetero) is 1. The third kappa shape index (κ3) is 4.98. The number of methoxy groups -OCH3 is 1.